The number of thiophene rings is 1. The molecule has 0 aromatic carbocycles. The highest BCUT2D eigenvalue weighted by molar-refractivity contribution is 7.09. The fourth-order valence-electron chi connectivity index (χ4n) is 2.56. The van der Waals surface area contributed by atoms with Crippen molar-refractivity contribution in [3.63, 3.8) is 0 Å². The van der Waals surface area contributed by atoms with E-state index in [1.54, 1.807) is 0 Å². The topological polar surface area (TPSA) is 43.8 Å². The molecule has 3 nitrogen and oxygen atoms in total. The van der Waals surface area contributed by atoms with Crippen LogP contribution in [0.15, 0.2) is 42.0 Å². The monoisotopic (exact) mass is 285 g/mol. The summed E-state index contributed by atoms with van der Waals surface area (Å²) < 4.78 is 2.26. The maximum Gasteiger partial charge on any atom is 0.140 e. The van der Waals surface area contributed by atoms with Crippen LogP contribution in [0.25, 0.3) is 11.0 Å². The summed E-state index contributed by atoms with van der Waals surface area (Å²) in [7, 11) is 0. The molecule has 0 amide bonds. The van der Waals surface area contributed by atoms with Crippen LogP contribution in [-0.4, -0.2) is 15.6 Å². The molecule has 0 bridgehead atoms. The van der Waals surface area contributed by atoms with Gasteiger partial charge in [0.15, 0.2) is 0 Å². The Hall–Kier alpha value is -1.65. The minimum absolute atomic E-state index is 0.173. The zero-order valence-corrected chi connectivity index (χ0v) is 12.4. The molecule has 0 aliphatic rings. The molecule has 0 fully saturated rings. The fourth-order valence-corrected chi connectivity index (χ4v) is 3.26. The van der Waals surface area contributed by atoms with E-state index in [0.717, 1.165) is 25.0 Å². The van der Waals surface area contributed by atoms with Crippen molar-refractivity contribution in [2.45, 2.75) is 32.4 Å². The van der Waals surface area contributed by atoms with Crippen molar-refractivity contribution in [2.75, 3.05) is 0 Å². The van der Waals surface area contributed by atoms with Crippen LogP contribution in [0.2, 0.25) is 0 Å². The summed E-state index contributed by atoms with van der Waals surface area (Å²) in [6, 6.07) is 8.60. The van der Waals surface area contributed by atoms with Gasteiger partial charge in [-0.05, 0) is 48.9 Å². The van der Waals surface area contributed by atoms with Crippen LogP contribution < -0.4 is 5.73 Å². The minimum atomic E-state index is 0.173. The molecule has 1 unspecified atom stereocenters. The molecule has 3 heterocycles. The molecule has 0 saturated carbocycles. The molecule has 104 valence electrons. The summed E-state index contributed by atoms with van der Waals surface area (Å²) in [6.45, 7) is 3.01. The van der Waals surface area contributed by atoms with E-state index in [2.05, 4.69) is 39.3 Å². The van der Waals surface area contributed by atoms with Crippen molar-refractivity contribution >= 4 is 22.4 Å². The third-order valence-corrected chi connectivity index (χ3v) is 4.37. The molecular weight excluding hydrogens is 266 g/mol. The molecule has 3 aromatic heterocycles. The minimum Gasteiger partial charge on any atom is -0.332 e. The molecule has 2 N–H and O–H groups in total. The van der Waals surface area contributed by atoms with E-state index in [1.165, 1.54) is 15.8 Å². The number of fused-ring (bicyclic) bond motifs is 1. The first-order valence-electron chi connectivity index (χ1n) is 6.95. The molecule has 0 spiro atoms. The second kappa shape index (κ2) is 5.77. The van der Waals surface area contributed by atoms with Gasteiger partial charge in [0.1, 0.15) is 5.65 Å². The smallest absolute Gasteiger partial charge is 0.140 e. The standard InChI is InChI=1S/C16H19N3S/c1-12(17)10-13-11-19(8-6-14-4-3-9-20-14)16-15(13)5-2-7-18-16/h2-5,7,9,11-12H,6,8,10,17H2,1H3. The fraction of sp³-hybridized carbons (Fsp3) is 0.312. The Kier molecular flexibility index (Phi) is 3.85. The lowest BCUT2D eigenvalue weighted by Crippen LogP contribution is -2.17. The third kappa shape index (κ3) is 2.76. The van der Waals surface area contributed by atoms with Gasteiger partial charge in [0.25, 0.3) is 0 Å². The first-order chi connectivity index (χ1) is 9.74. The average Bonchev–Trinajstić information content (AvgIpc) is 3.05. The second-order valence-electron chi connectivity index (χ2n) is 5.23. The molecule has 4 heteroatoms. The molecule has 0 aliphatic heterocycles. The van der Waals surface area contributed by atoms with Crippen molar-refractivity contribution in [1.29, 1.82) is 0 Å². The molecule has 3 rings (SSSR count). The lowest BCUT2D eigenvalue weighted by atomic mass is 10.1. The number of aryl methyl sites for hydroxylation is 2. The summed E-state index contributed by atoms with van der Waals surface area (Å²) in [5.41, 5.74) is 8.32. The van der Waals surface area contributed by atoms with Crippen molar-refractivity contribution < 1.29 is 0 Å². The van der Waals surface area contributed by atoms with Gasteiger partial charge in [-0.25, -0.2) is 4.98 Å². The van der Waals surface area contributed by atoms with E-state index in [9.17, 15) is 0 Å². The summed E-state index contributed by atoms with van der Waals surface area (Å²) >= 11 is 1.81. The number of aromatic nitrogens is 2. The van der Waals surface area contributed by atoms with Crippen LogP contribution in [-0.2, 0) is 19.4 Å². The van der Waals surface area contributed by atoms with Gasteiger partial charge >= 0.3 is 0 Å². The molecule has 0 radical (unpaired) electrons. The lowest BCUT2D eigenvalue weighted by Gasteiger charge is -2.03. The first-order valence-corrected chi connectivity index (χ1v) is 7.82. The Labute approximate surface area is 123 Å². The van der Waals surface area contributed by atoms with E-state index >= 15 is 0 Å². The van der Waals surface area contributed by atoms with Gasteiger partial charge < -0.3 is 10.3 Å². The van der Waals surface area contributed by atoms with Crippen molar-refractivity contribution in [3.05, 3.63) is 52.5 Å². The van der Waals surface area contributed by atoms with Crippen molar-refractivity contribution in [1.82, 2.24) is 9.55 Å². The van der Waals surface area contributed by atoms with E-state index in [1.807, 2.05) is 30.5 Å². The Bertz CT molecular complexity index is 683. The van der Waals surface area contributed by atoms with Gasteiger partial charge in [-0.3, -0.25) is 0 Å². The van der Waals surface area contributed by atoms with Gasteiger partial charge in [0.2, 0.25) is 0 Å². The number of hydrogen-bond donors (Lipinski definition) is 1. The van der Waals surface area contributed by atoms with Crippen molar-refractivity contribution in [2.24, 2.45) is 5.73 Å². The quantitative estimate of drug-likeness (QED) is 0.782. The number of nitrogens with zero attached hydrogens (tertiary/aromatic N) is 2. The zero-order chi connectivity index (χ0) is 13.9. The van der Waals surface area contributed by atoms with E-state index in [0.29, 0.717) is 0 Å². The Morgan fingerprint density at radius 3 is 3.00 bits per heavy atom. The summed E-state index contributed by atoms with van der Waals surface area (Å²) in [6.07, 6.45) is 6.03. The highest BCUT2D eigenvalue weighted by Gasteiger charge is 2.10. The number of hydrogen-bond acceptors (Lipinski definition) is 3. The SMILES string of the molecule is CC(N)Cc1cn(CCc2cccs2)c2ncccc12. The number of pyridine rings is 1. The van der Waals surface area contributed by atoms with Gasteiger partial charge in [0.05, 0.1) is 0 Å². The molecular formula is C16H19N3S. The average molecular weight is 285 g/mol. The van der Waals surface area contributed by atoms with Crippen molar-refractivity contribution in [3.8, 4) is 0 Å². The van der Waals surface area contributed by atoms with Gasteiger partial charge in [0, 0.05) is 35.2 Å². The van der Waals surface area contributed by atoms with E-state index in [4.69, 9.17) is 5.73 Å². The van der Waals surface area contributed by atoms with Crippen LogP contribution in [0.3, 0.4) is 0 Å². The van der Waals surface area contributed by atoms with Crippen LogP contribution in [0.5, 0.6) is 0 Å². The number of nitrogens with two attached hydrogens (primary N) is 1. The first kappa shape index (κ1) is 13.3. The van der Waals surface area contributed by atoms with Crippen LogP contribution in [0, 0.1) is 0 Å². The highest BCUT2D eigenvalue weighted by Crippen LogP contribution is 2.21. The van der Waals surface area contributed by atoms with Gasteiger partial charge in [-0.15, -0.1) is 11.3 Å². The maximum absolute atomic E-state index is 5.95. The Morgan fingerprint density at radius 1 is 1.35 bits per heavy atom. The van der Waals surface area contributed by atoms with Gasteiger partial charge in [-0.2, -0.15) is 0 Å². The summed E-state index contributed by atoms with van der Waals surface area (Å²) in [5, 5.41) is 3.36. The predicted octanol–water partition coefficient (Wildman–Crippen LogP) is 3.23. The van der Waals surface area contributed by atoms with Crippen LogP contribution in [0.1, 0.15) is 17.4 Å². The zero-order valence-electron chi connectivity index (χ0n) is 11.6. The lowest BCUT2D eigenvalue weighted by molar-refractivity contribution is 0.706. The molecule has 1 atom stereocenters. The Balaban J connectivity index is 1.90. The molecule has 0 aliphatic carbocycles. The predicted molar refractivity (Wildman–Crippen MR) is 85.1 cm³/mol. The molecule has 20 heavy (non-hydrogen) atoms. The van der Waals surface area contributed by atoms with Crippen LogP contribution in [0.4, 0.5) is 0 Å². The van der Waals surface area contributed by atoms with E-state index in [-0.39, 0.29) is 6.04 Å². The summed E-state index contributed by atoms with van der Waals surface area (Å²) in [5.74, 6) is 0. The largest absolute Gasteiger partial charge is 0.332 e. The number of rotatable bonds is 5. The molecule has 3 aromatic rings. The highest BCUT2D eigenvalue weighted by atomic mass is 32.1. The normalized spacial score (nSPS) is 12.9. The van der Waals surface area contributed by atoms with Gasteiger partial charge in [-0.1, -0.05) is 6.07 Å². The Morgan fingerprint density at radius 2 is 2.25 bits per heavy atom. The summed E-state index contributed by atoms with van der Waals surface area (Å²) in [4.78, 5) is 5.95. The third-order valence-electron chi connectivity index (χ3n) is 3.44. The molecule has 0 saturated heterocycles. The second-order valence-corrected chi connectivity index (χ2v) is 6.27. The van der Waals surface area contributed by atoms with Crippen LogP contribution >= 0.6 is 11.3 Å². The maximum atomic E-state index is 5.95. The van der Waals surface area contributed by atoms with E-state index < -0.39 is 0 Å².